The molecule has 5 atom stereocenters. The van der Waals surface area contributed by atoms with Crippen molar-refractivity contribution in [1.29, 1.82) is 0 Å². The Bertz CT molecular complexity index is 801. The monoisotopic (exact) mass is 369 g/mol. The van der Waals surface area contributed by atoms with Crippen molar-refractivity contribution in [3.63, 3.8) is 0 Å². The van der Waals surface area contributed by atoms with E-state index < -0.39 is 0 Å². The zero-order chi connectivity index (χ0) is 18.3. The van der Waals surface area contributed by atoms with E-state index in [4.69, 9.17) is 11.6 Å². The van der Waals surface area contributed by atoms with Crippen molar-refractivity contribution in [2.75, 3.05) is 0 Å². The third-order valence-corrected chi connectivity index (χ3v) is 6.30. The Hall–Kier alpha value is -2.07. The van der Waals surface area contributed by atoms with Crippen LogP contribution in [0.3, 0.4) is 0 Å². The molecule has 4 rings (SSSR count). The zero-order valence-corrected chi connectivity index (χ0v) is 15.7. The van der Waals surface area contributed by atoms with Gasteiger partial charge in [-0.25, -0.2) is 0 Å². The minimum Gasteiger partial charge on any atom is -0.349 e. The van der Waals surface area contributed by atoms with Gasteiger partial charge in [0.15, 0.2) is 0 Å². The Morgan fingerprint density at radius 2 is 2.08 bits per heavy atom. The van der Waals surface area contributed by atoms with E-state index in [1.54, 1.807) is 24.3 Å². The second kappa shape index (κ2) is 6.92. The smallest absolute Gasteiger partial charge is 0.251 e. The zero-order valence-electron chi connectivity index (χ0n) is 14.9. The summed E-state index contributed by atoms with van der Waals surface area (Å²) in [5.41, 5.74) is 1.74. The van der Waals surface area contributed by atoms with E-state index >= 15 is 0 Å². The number of hydrogen-bond donors (Lipinski definition) is 1. The quantitative estimate of drug-likeness (QED) is 0.809. The van der Waals surface area contributed by atoms with Crippen LogP contribution in [0.15, 0.2) is 43.2 Å². The molecule has 2 saturated carbocycles. The van der Waals surface area contributed by atoms with Crippen LogP contribution in [0.1, 0.15) is 48.1 Å². The summed E-state index contributed by atoms with van der Waals surface area (Å²) in [5, 5.41) is 8.37. The summed E-state index contributed by atoms with van der Waals surface area (Å²) in [6, 6.07) is 7.81. The molecule has 5 heteroatoms. The van der Waals surface area contributed by atoms with Crippen molar-refractivity contribution >= 4 is 23.6 Å². The number of benzene rings is 1. The lowest BCUT2D eigenvalue weighted by Crippen LogP contribution is -2.37. The predicted octanol–water partition coefficient (Wildman–Crippen LogP) is 4.59. The van der Waals surface area contributed by atoms with Gasteiger partial charge in [-0.15, -0.1) is 0 Å². The van der Waals surface area contributed by atoms with Crippen LogP contribution >= 0.6 is 11.6 Å². The third-order valence-electron chi connectivity index (χ3n) is 6.04. The number of carbonyl (C=O) groups excluding carboxylic acids is 1. The largest absolute Gasteiger partial charge is 0.349 e. The lowest BCUT2D eigenvalue weighted by atomic mass is 9.99. The maximum atomic E-state index is 12.5. The van der Waals surface area contributed by atoms with Crippen molar-refractivity contribution < 1.29 is 4.79 Å². The van der Waals surface area contributed by atoms with E-state index in [1.807, 2.05) is 12.3 Å². The van der Waals surface area contributed by atoms with Gasteiger partial charge in [0.2, 0.25) is 0 Å². The lowest BCUT2D eigenvalue weighted by Gasteiger charge is -2.22. The molecular formula is C21H24ClN3O. The van der Waals surface area contributed by atoms with Gasteiger partial charge < -0.3 is 5.32 Å². The van der Waals surface area contributed by atoms with Crippen molar-refractivity contribution in [2.45, 2.75) is 38.3 Å². The first kappa shape index (κ1) is 17.3. The molecule has 0 radical (unpaired) electrons. The summed E-state index contributed by atoms with van der Waals surface area (Å²) < 4.78 is 2.09. The lowest BCUT2D eigenvalue weighted by molar-refractivity contribution is 0.0926. The first-order chi connectivity index (χ1) is 12.6. The van der Waals surface area contributed by atoms with Gasteiger partial charge in [-0.05, 0) is 61.3 Å². The van der Waals surface area contributed by atoms with E-state index in [0.29, 0.717) is 34.4 Å². The third kappa shape index (κ3) is 3.18. The molecule has 0 saturated heterocycles. The molecule has 0 spiro atoms. The number of fused-ring (bicyclic) bond motifs is 1. The second-order valence-corrected chi connectivity index (χ2v) is 7.92. The summed E-state index contributed by atoms with van der Waals surface area (Å²) in [4.78, 5) is 12.5. The fourth-order valence-electron chi connectivity index (χ4n) is 4.66. The number of nitrogens with zero attached hydrogens (tertiary/aromatic N) is 2. The predicted molar refractivity (Wildman–Crippen MR) is 104 cm³/mol. The highest BCUT2D eigenvalue weighted by Gasteiger charge is 2.59. The van der Waals surface area contributed by atoms with Crippen LogP contribution in [0.5, 0.6) is 0 Å². The highest BCUT2D eigenvalue weighted by atomic mass is 35.5. The van der Waals surface area contributed by atoms with Crippen LogP contribution in [0.4, 0.5) is 0 Å². The summed E-state index contributed by atoms with van der Waals surface area (Å²) >= 11 is 5.91. The van der Waals surface area contributed by atoms with E-state index in [-0.39, 0.29) is 11.9 Å². The molecule has 0 bridgehead atoms. The number of nitrogens with one attached hydrogen (secondary N) is 1. The molecular weight excluding hydrogens is 346 g/mol. The number of carbonyl (C=O) groups is 1. The number of rotatable bonds is 6. The highest BCUT2D eigenvalue weighted by molar-refractivity contribution is 6.30. The van der Waals surface area contributed by atoms with E-state index in [9.17, 15) is 4.79 Å². The van der Waals surface area contributed by atoms with Crippen LogP contribution in [-0.2, 0) is 0 Å². The maximum absolute atomic E-state index is 12.5. The van der Waals surface area contributed by atoms with Gasteiger partial charge in [-0.1, -0.05) is 31.2 Å². The minimum absolute atomic E-state index is 0.00209. The first-order valence-corrected chi connectivity index (χ1v) is 9.71. The normalized spacial score (nSPS) is 27.6. The van der Waals surface area contributed by atoms with E-state index in [1.165, 1.54) is 0 Å². The standard InChI is InChI=1S/C21H24ClN3O/c1-3-13-11-23-25(12-13)16-9-17-18(10-16)20(17)19(4-2)24-21(26)14-5-7-15(22)8-6-14/h3,5-8,11-12,16-20H,1,4,9-10H2,2H3,(H,24,26)/t16?,17-,18+,19-,20?/m1/s1. The summed E-state index contributed by atoms with van der Waals surface area (Å²) in [6.07, 6.45) is 9.06. The highest BCUT2D eigenvalue weighted by Crippen LogP contribution is 2.62. The van der Waals surface area contributed by atoms with Crippen molar-refractivity contribution in [1.82, 2.24) is 15.1 Å². The summed E-state index contributed by atoms with van der Waals surface area (Å²) in [7, 11) is 0. The molecule has 2 aliphatic carbocycles. The Morgan fingerprint density at radius 1 is 1.38 bits per heavy atom. The van der Waals surface area contributed by atoms with Gasteiger partial charge in [0, 0.05) is 28.4 Å². The average Bonchev–Trinajstić information content (AvgIpc) is 3.04. The fraction of sp³-hybridized carbons (Fsp3) is 0.429. The molecule has 1 N–H and O–H groups in total. The molecule has 1 aromatic heterocycles. The molecule has 1 amide bonds. The number of hydrogen-bond acceptors (Lipinski definition) is 2. The van der Waals surface area contributed by atoms with Gasteiger partial charge >= 0.3 is 0 Å². The van der Waals surface area contributed by atoms with E-state index in [0.717, 1.165) is 24.8 Å². The Morgan fingerprint density at radius 3 is 2.65 bits per heavy atom. The van der Waals surface area contributed by atoms with Crippen LogP contribution in [0.2, 0.25) is 5.02 Å². The topological polar surface area (TPSA) is 46.9 Å². The molecule has 2 aromatic rings. The summed E-state index contributed by atoms with van der Waals surface area (Å²) in [5.74, 6) is 2.00. The molecule has 1 heterocycles. The van der Waals surface area contributed by atoms with Gasteiger partial charge in [0.05, 0.1) is 12.2 Å². The van der Waals surface area contributed by atoms with Gasteiger partial charge in [-0.3, -0.25) is 9.48 Å². The average molecular weight is 370 g/mol. The minimum atomic E-state index is -0.00209. The molecule has 4 nitrogen and oxygen atoms in total. The van der Waals surface area contributed by atoms with Gasteiger partial charge in [0.1, 0.15) is 0 Å². The molecule has 26 heavy (non-hydrogen) atoms. The number of halogens is 1. The van der Waals surface area contributed by atoms with Crippen molar-refractivity contribution in [3.05, 3.63) is 59.4 Å². The Labute approximate surface area is 159 Å². The fourth-order valence-corrected chi connectivity index (χ4v) is 4.78. The second-order valence-electron chi connectivity index (χ2n) is 7.48. The van der Waals surface area contributed by atoms with Crippen molar-refractivity contribution in [2.24, 2.45) is 17.8 Å². The Kier molecular flexibility index (Phi) is 4.62. The van der Waals surface area contributed by atoms with Crippen LogP contribution in [0, 0.1) is 17.8 Å². The molecule has 0 aliphatic heterocycles. The maximum Gasteiger partial charge on any atom is 0.251 e. The Balaban J connectivity index is 1.36. The molecule has 2 fully saturated rings. The van der Waals surface area contributed by atoms with Crippen LogP contribution in [-0.4, -0.2) is 21.7 Å². The van der Waals surface area contributed by atoms with Crippen LogP contribution < -0.4 is 5.32 Å². The number of amides is 1. The van der Waals surface area contributed by atoms with Crippen molar-refractivity contribution in [3.8, 4) is 0 Å². The first-order valence-electron chi connectivity index (χ1n) is 9.33. The number of aromatic nitrogens is 2. The van der Waals surface area contributed by atoms with Crippen LogP contribution in [0.25, 0.3) is 6.08 Å². The SMILES string of the molecule is C=Cc1cnn(C2C[C@@H]3C([C@@H](CC)NC(=O)c4ccc(Cl)cc4)[C@@H]3C2)c1. The summed E-state index contributed by atoms with van der Waals surface area (Å²) in [6.45, 7) is 5.95. The molecule has 2 aliphatic rings. The molecule has 136 valence electrons. The van der Waals surface area contributed by atoms with Gasteiger partial charge in [0.25, 0.3) is 5.91 Å². The van der Waals surface area contributed by atoms with E-state index in [2.05, 4.69) is 34.8 Å². The molecule has 1 aromatic carbocycles. The molecule has 2 unspecified atom stereocenters. The van der Waals surface area contributed by atoms with Gasteiger partial charge in [-0.2, -0.15) is 5.10 Å².